The van der Waals surface area contributed by atoms with Crippen molar-refractivity contribution in [2.45, 2.75) is 27.7 Å². The lowest BCUT2D eigenvalue weighted by Crippen LogP contribution is -2.44. The van der Waals surface area contributed by atoms with Crippen molar-refractivity contribution in [1.82, 2.24) is 15.2 Å². The number of rotatable bonds is 5. The molecule has 3 aromatic rings. The number of likely N-dealkylation sites (N-methyl/N-ethyl adjacent to an activating group) is 1. The second-order valence-electron chi connectivity index (χ2n) is 7.89. The van der Waals surface area contributed by atoms with Crippen molar-refractivity contribution in [3.8, 4) is 0 Å². The van der Waals surface area contributed by atoms with Crippen LogP contribution in [-0.4, -0.2) is 68.6 Å². The van der Waals surface area contributed by atoms with Gasteiger partial charge in [0.15, 0.2) is 0 Å². The maximum absolute atomic E-state index is 5.08. The molecule has 1 aliphatic rings. The quantitative estimate of drug-likeness (QED) is 0.445. The Morgan fingerprint density at radius 3 is 2.00 bits per heavy atom. The van der Waals surface area contributed by atoms with Crippen LogP contribution >= 0.6 is 0 Å². The number of fused-ring (bicyclic) bond motifs is 3. The number of anilines is 1. The van der Waals surface area contributed by atoms with Gasteiger partial charge in [-0.25, -0.2) is 4.98 Å². The van der Waals surface area contributed by atoms with E-state index in [1.807, 2.05) is 26.3 Å². The van der Waals surface area contributed by atoms with Crippen LogP contribution in [0, 0.1) is 0 Å². The van der Waals surface area contributed by atoms with Gasteiger partial charge in [-0.1, -0.05) is 26.0 Å². The summed E-state index contributed by atoms with van der Waals surface area (Å²) in [7, 11) is 2.17. The molecular weight excluding hydrogens is 396 g/mol. The standard InChI is InChI=1S/C22H25N5.C4H11N/c1-4-23-16-6-8-18-19-9-7-17(24-5-2)15-21(19)25-22(20(18)14-16)27-12-10-26(3)11-13-27;1-3-5-4-2/h4-9,14-15H,10-13H2,1-3H3;5H,3-4H2,1-2H3. The van der Waals surface area contributed by atoms with Crippen LogP contribution in [0.15, 0.2) is 46.4 Å². The summed E-state index contributed by atoms with van der Waals surface area (Å²) in [6.45, 7) is 14.3. The zero-order chi connectivity index (χ0) is 22.9. The zero-order valence-corrected chi connectivity index (χ0v) is 20.1. The molecule has 32 heavy (non-hydrogen) atoms. The van der Waals surface area contributed by atoms with Crippen LogP contribution in [-0.2, 0) is 0 Å². The van der Waals surface area contributed by atoms with Crippen molar-refractivity contribution < 1.29 is 0 Å². The minimum Gasteiger partial charge on any atom is -0.354 e. The van der Waals surface area contributed by atoms with Crippen LogP contribution in [0.4, 0.5) is 17.2 Å². The van der Waals surface area contributed by atoms with Crippen LogP contribution in [0.3, 0.4) is 0 Å². The molecule has 1 aliphatic heterocycles. The highest BCUT2D eigenvalue weighted by molar-refractivity contribution is 6.11. The Bertz CT molecular complexity index is 1080. The highest BCUT2D eigenvalue weighted by Gasteiger charge is 2.19. The van der Waals surface area contributed by atoms with Crippen molar-refractivity contribution in [3.63, 3.8) is 0 Å². The first-order chi connectivity index (χ1) is 15.6. The number of hydrogen-bond acceptors (Lipinski definition) is 6. The first-order valence-electron chi connectivity index (χ1n) is 11.6. The summed E-state index contributed by atoms with van der Waals surface area (Å²) in [5.41, 5.74) is 2.90. The molecule has 6 nitrogen and oxygen atoms in total. The summed E-state index contributed by atoms with van der Waals surface area (Å²) in [6, 6.07) is 12.7. The van der Waals surface area contributed by atoms with E-state index in [9.17, 15) is 0 Å². The van der Waals surface area contributed by atoms with Crippen molar-refractivity contribution in [3.05, 3.63) is 36.4 Å². The largest absolute Gasteiger partial charge is 0.354 e. The molecule has 1 fully saturated rings. The fourth-order valence-electron chi connectivity index (χ4n) is 3.93. The number of aromatic nitrogens is 1. The molecule has 1 aromatic heterocycles. The van der Waals surface area contributed by atoms with Gasteiger partial charge in [-0.3, -0.25) is 9.98 Å². The summed E-state index contributed by atoms with van der Waals surface area (Å²) >= 11 is 0. The zero-order valence-electron chi connectivity index (χ0n) is 20.1. The maximum Gasteiger partial charge on any atom is 0.137 e. The van der Waals surface area contributed by atoms with Gasteiger partial charge in [0.05, 0.1) is 16.9 Å². The summed E-state index contributed by atoms with van der Waals surface area (Å²) < 4.78 is 0. The van der Waals surface area contributed by atoms with Gasteiger partial charge < -0.3 is 15.1 Å². The van der Waals surface area contributed by atoms with Gasteiger partial charge in [-0.05, 0) is 63.6 Å². The number of hydrogen-bond donors (Lipinski definition) is 1. The van der Waals surface area contributed by atoms with Crippen molar-refractivity contribution in [1.29, 1.82) is 0 Å². The Kier molecular flexibility index (Phi) is 8.71. The lowest BCUT2D eigenvalue weighted by Gasteiger charge is -2.34. The third-order valence-electron chi connectivity index (χ3n) is 5.60. The molecule has 0 saturated carbocycles. The topological polar surface area (TPSA) is 56.1 Å². The van der Waals surface area contributed by atoms with Crippen LogP contribution in [0.5, 0.6) is 0 Å². The minimum atomic E-state index is 0.938. The first-order valence-corrected chi connectivity index (χ1v) is 11.6. The predicted octanol–water partition coefficient (Wildman–Crippen LogP) is 5.20. The van der Waals surface area contributed by atoms with Crippen LogP contribution in [0.25, 0.3) is 21.7 Å². The second-order valence-corrected chi connectivity index (χ2v) is 7.89. The highest BCUT2D eigenvalue weighted by atomic mass is 15.3. The van der Waals surface area contributed by atoms with Crippen LogP contribution in [0.1, 0.15) is 27.7 Å². The van der Waals surface area contributed by atoms with E-state index in [1.54, 1.807) is 0 Å². The van der Waals surface area contributed by atoms with E-state index >= 15 is 0 Å². The molecule has 0 radical (unpaired) electrons. The summed E-state index contributed by atoms with van der Waals surface area (Å²) in [5, 5.41) is 6.66. The molecule has 1 N–H and O–H groups in total. The first kappa shape index (κ1) is 23.8. The number of aliphatic imine (C=N–C) groups is 2. The highest BCUT2D eigenvalue weighted by Crippen LogP contribution is 2.35. The predicted molar refractivity (Wildman–Crippen MR) is 141 cm³/mol. The van der Waals surface area contributed by atoms with Gasteiger partial charge in [0.2, 0.25) is 0 Å². The Hall–Kier alpha value is -2.83. The molecule has 6 heteroatoms. The number of nitrogens with zero attached hydrogens (tertiary/aromatic N) is 5. The lowest BCUT2D eigenvalue weighted by molar-refractivity contribution is 0.312. The summed E-state index contributed by atoms with van der Waals surface area (Å²) in [5.74, 6) is 1.05. The van der Waals surface area contributed by atoms with Crippen LogP contribution in [0.2, 0.25) is 0 Å². The molecule has 2 heterocycles. The van der Waals surface area contributed by atoms with Gasteiger partial charge in [0.25, 0.3) is 0 Å². The normalized spacial score (nSPS) is 15.1. The lowest BCUT2D eigenvalue weighted by atomic mass is 10.0. The van der Waals surface area contributed by atoms with Crippen molar-refractivity contribution in [2.75, 3.05) is 51.2 Å². The molecule has 170 valence electrons. The average molecular weight is 433 g/mol. The van der Waals surface area contributed by atoms with E-state index in [2.05, 4.69) is 82.4 Å². The third-order valence-corrected chi connectivity index (χ3v) is 5.60. The molecule has 0 spiro atoms. The number of benzene rings is 2. The SMILES string of the molecule is CC=Nc1ccc2c(c1)nc(N1CCN(C)CC1)c1cc(N=CC)ccc12.CCNCC. The fourth-order valence-corrected chi connectivity index (χ4v) is 3.93. The van der Waals surface area contributed by atoms with Gasteiger partial charge in [0, 0.05) is 49.4 Å². The summed E-state index contributed by atoms with van der Waals surface area (Å²) in [4.78, 5) is 18.7. The van der Waals surface area contributed by atoms with E-state index in [-0.39, 0.29) is 0 Å². The second kappa shape index (κ2) is 11.7. The maximum atomic E-state index is 5.08. The molecule has 2 aromatic carbocycles. The van der Waals surface area contributed by atoms with E-state index < -0.39 is 0 Å². The van der Waals surface area contributed by atoms with E-state index in [0.29, 0.717) is 0 Å². The molecule has 0 aliphatic carbocycles. The fraction of sp³-hybridized carbons (Fsp3) is 0.423. The van der Waals surface area contributed by atoms with Gasteiger partial charge in [0.1, 0.15) is 5.82 Å². The van der Waals surface area contributed by atoms with Gasteiger partial charge >= 0.3 is 0 Å². The molecule has 0 unspecified atom stereocenters. The van der Waals surface area contributed by atoms with Crippen molar-refractivity contribution in [2.24, 2.45) is 9.98 Å². The Morgan fingerprint density at radius 2 is 1.44 bits per heavy atom. The third kappa shape index (κ3) is 5.69. The van der Waals surface area contributed by atoms with Gasteiger partial charge in [-0.15, -0.1) is 0 Å². The van der Waals surface area contributed by atoms with Gasteiger partial charge in [-0.2, -0.15) is 0 Å². The number of pyridine rings is 1. The molecule has 1 saturated heterocycles. The van der Waals surface area contributed by atoms with E-state index in [0.717, 1.165) is 67.4 Å². The average Bonchev–Trinajstić information content (AvgIpc) is 2.80. The Labute approximate surface area is 192 Å². The molecular formula is C26H36N6. The van der Waals surface area contributed by atoms with E-state index in [4.69, 9.17) is 4.98 Å². The van der Waals surface area contributed by atoms with Crippen molar-refractivity contribution >= 4 is 51.3 Å². The molecule has 0 atom stereocenters. The number of nitrogens with one attached hydrogen (secondary N) is 1. The smallest absolute Gasteiger partial charge is 0.137 e. The summed E-state index contributed by atoms with van der Waals surface area (Å²) in [6.07, 6.45) is 3.65. The Morgan fingerprint density at radius 1 is 0.844 bits per heavy atom. The molecule has 0 amide bonds. The molecule has 0 bridgehead atoms. The van der Waals surface area contributed by atoms with Crippen LogP contribution < -0.4 is 10.2 Å². The number of piperazine rings is 1. The minimum absolute atomic E-state index is 0.938. The van der Waals surface area contributed by atoms with E-state index in [1.165, 1.54) is 10.8 Å². The Balaban J connectivity index is 0.000000523. The monoisotopic (exact) mass is 432 g/mol. The molecule has 4 rings (SSSR count).